The number of benzene rings is 1. The second kappa shape index (κ2) is 8.81. The number of halogens is 3. The quantitative estimate of drug-likeness (QED) is 0.421. The number of anilines is 1. The van der Waals surface area contributed by atoms with Crippen LogP contribution in [0, 0.1) is 16.0 Å². The monoisotopic (exact) mass is 456 g/mol. The SMILES string of the molecule is CC(Cn1cc([N+](=O)[O-])cn1)C(=O)Nc1nn(Cc2c(Cl)cccc2Cl)cc1Cl. The number of amides is 1. The van der Waals surface area contributed by atoms with E-state index in [-0.39, 0.29) is 35.5 Å². The molecule has 2 heterocycles. The predicted molar refractivity (Wildman–Crippen MR) is 109 cm³/mol. The number of carbonyl (C=O) groups excluding carboxylic acids is 1. The number of nitro groups is 1. The minimum Gasteiger partial charge on any atom is -0.308 e. The van der Waals surface area contributed by atoms with Gasteiger partial charge in [-0.25, -0.2) is 0 Å². The fourth-order valence-corrected chi connectivity index (χ4v) is 3.27. The van der Waals surface area contributed by atoms with Gasteiger partial charge in [0.05, 0.1) is 23.9 Å². The van der Waals surface area contributed by atoms with Crippen molar-refractivity contribution in [3.8, 4) is 0 Å². The van der Waals surface area contributed by atoms with E-state index in [2.05, 4.69) is 15.5 Å². The Morgan fingerprint density at radius 1 is 1.21 bits per heavy atom. The first-order valence-electron chi connectivity index (χ1n) is 8.38. The number of rotatable bonds is 7. The number of nitrogens with one attached hydrogen (secondary N) is 1. The first-order chi connectivity index (χ1) is 13.7. The molecule has 0 bridgehead atoms. The fourth-order valence-electron chi connectivity index (χ4n) is 2.56. The highest BCUT2D eigenvalue weighted by atomic mass is 35.5. The Morgan fingerprint density at radius 3 is 2.52 bits per heavy atom. The van der Waals surface area contributed by atoms with Crippen LogP contribution >= 0.6 is 34.8 Å². The average molecular weight is 458 g/mol. The maximum atomic E-state index is 12.4. The van der Waals surface area contributed by atoms with Crippen molar-refractivity contribution in [3.63, 3.8) is 0 Å². The second-order valence-corrected chi connectivity index (χ2v) is 7.51. The first-order valence-corrected chi connectivity index (χ1v) is 9.51. The van der Waals surface area contributed by atoms with Gasteiger partial charge in [0.2, 0.25) is 5.91 Å². The summed E-state index contributed by atoms with van der Waals surface area (Å²) in [7, 11) is 0. The molecule has 1 N–H and O–H groups in total. The van der Waals surface area contributed by atoms with Gasteiger partial charge in [0.15, 0.2) is 5.82 Å². The molecule has 1 amide bonds. The smallest absolute Gasteiger partial charge is 0.306 e. The molecule has 0 fully saturated rings. The Morgan fingerprint density at radius 2 is 1.90 bits per heavy atom. The van der Waals surface area contributed by atoms with Gasteiger partial charge in [-0.05, 0) is 12.1 Å². The molecule has 0 aliphatic heterocycles. The summed E-state index contributed by atoms with van der Waals surface area (Å²) in [5, 5.41) is 22.8. The largest absolute Gasteiger partial charge is 0.308 e. The minimum absolute atomic E-state index is 0.141. The van der Waals surface area contributed by atoms with Crippen LogP contribution in [0.4, 0.5) is 11.5 Å². The van der Waals surface area contributed by atoms with E-state index in [4.69, 9.17) is 34.8 Å². The molecule has 1 atom stereocenters. The molecular weight excluding hydrogens is 443 g/mol. The van der Waals surface area contributed by atoms with E-state index in [0.717, 1.165) is 6.20 Å². The molecule has 152 valence electrons. The van der Waals surface area contributed by atoms with Crippen molar-refractivity contribution in [2.75, 3.05) is 5.32 Å². The fraction of sp³-hybridized carbons (Fsp3) is 0.235. The third kappa shape index (κ3) is 5.06. The van der Waals surface area contributed by atoms with Gasteiger partial charge in [-0.15, -0.1) is 0 Å². The number of hydrogen-bond donors (Lipinski definition) is 1. The molecule has 0 aliphatic carbocycles. The van der Waals surface area contributed by atoms with Crippen molar-refractivity contribution >= 4 is 52.2 Å². The molecule has 3 rings (SSSR count). The van der Waals surface area contributed by atoms with Crippen LogP contribution in [0.2, 0.25) is 15.1 Å². The van der Waals surface area contributed by atoms with Crippen molar-refractivity contribution in [1.29, 1.82) is 0 Å². The van der Waals surface area contributed by atoms with E-state index in [9.17, 15) is 14.9 Å². The molecule has 0 aliphatic rings. The first kappa shape index (κ1) is 21.1. The molecular formula is C17H15Cl3N6O3. The van der Waals surface area contributed by atoms with Crippen LogP contribution < -0.4 is 5.32 Å². The highest BCUT2D eigenvalue weighted by Crippen LogP contribution is 2.27. The van der Waals surface area contributed by atoms with Gasteiger partial charge in [0.25, 0.3) is 0 Å². The van der Waals surface area contributed by atoms with Crippen LogP contribution in [0.1, 0.15) is 12.5 Å². The van der Waals surface area contributed by atoms with Gasteiger partial charge in [0.1, 0.15) is 17.4 Å². The van der Waals surface area contributed by atoms with Gasteiger partial charge in [-0.2, -0.15) is 10.2 Å². The molecule has 12 heteroatoms. The van der Waals surface area contributed by atoms with Crippen LogP contribution in [-0.2, 0) is 17.9 Å². The second-order valence-electron chi connectivity index (χ2n) is 6.29. The van der Waals surface area contributed by atoms with E-state index in [1.54, 1.807) is 31.3 Å². The van der Waals surface area contributed by atoms with Crippen molar-refractivity contribution in [2.45, 2.75) is 20.0 Å². The molecule has 3 aromatic rings. The van der Waals surface area contributed by atoms with E-state index in [1.807, 2.05) is 0 Å². The summed E-state index contributed by atoms with van der Waals surface area (Å²) in [5.41, 5.74) is 0.541. The van der Waals surface area contributed by atoms with Crippen LogP contribution in [-0.4, -0.2) is 30.4 Å². The Hall–Kier alpha value is -2.62. The van der Waals surface area contributed by atoms with E-state index >= 15 is 0 Å². The van der Waals surface area contributed by atoms with E-state index in [0.29, 0.717) is 15.6 Å². The lowest BCUT2D eigenvalue weighted by Crippen LogP contribution is -2.25. The molecule has 1 aromatic carbocycles. The Labute approximate surface area is 180 Å². The van der Waals surface area contributed by atoms with Crippen LogP contribution in [0.15, 0.2) is 36.8 Å². The highest BCUT2D eigenvalue weighted by Gasteiger charge is 2.19. The summed E-state index contributed by atoms with van der Waals surface area (Å²) in [5.74, 6) is -0.696. The normalized spacial score (nSPS) is 12.0. The molecule has 0 spiro atoms. The van der Waals surface area contributed by atoms with Crippen LogP contribution in [0.25, 0.3) is 0 Å². The topological polar surface area (TPSA) is 108 Å². The van der Waals surface area contributed by atoms with Crippen molar-refractivity contribution in [2.24, 2.45) is 5.92 Å². The summed E-state index contributed by atoms with van der Waals surface area (Å²) >= 11 is 18.5. The number of carbonyl (C=O) groups is 1. The Balaban J connectivity index is 1.66. The van der Waals surface area contributed by atoms with Gasteiger partial charge >= 0.3 is 5.69 Å². The Bertz CT molecular complexity index is 1040. The van der Waals surface area contributed by atoms with Crippen LogP contribution in [0.3, 0.4) is 0 Å². The standard InChI is InChI=1S/C17H15Cl3N6O3/c1-10(6-24-7-11(5-21-24)26(28)29)17(27)22-16-15(20)9-25(23-16)8-12-13(18)3-2-4-14(12)19/h2-5,7,9-10H,6,8H2,1H3,(H,22,23,27). The molecule has 9 nitrogen and oxygen atoms in total. The third-order valence-corrected chi connectivity index (χ3v) is 5.06. The lowest BCUT2D eigenvalue weighted by molar-refractivity contribution is -0.385. The Kier molecular flexibility index (Phi) is 6.41. The molecule has 0 saturated heterocycles. The maximum Gasteiger partial charge on any atom is 0.306 e. The summed E-state index contributed by atoms with van der Waals surface area (Å²) in [4.78, 5) is 22.6. The zero-order valence-electron chi connectivity index (χ0n) is 15.1. The maximum absolute atomic E-state index is 12.4. The zero-order valence-corrected chi connectivity index (χ0v) is 17.3. The lowest BCUT2D eigenvalue weighted by Gasteiger charge is -2.11. The summed E-state index contributed by atoms with van der Waals surface area (Å²) in [6.07, 6.45) is 3.94. The average Bonchev–Trinajstić information content (AvgIpc) is 3.25. The molecule has 0 saturated carbocycles. The van der Waals surface area contributed by atoms with E-state index < -0.39 is 10.8 Å². The van der Waals surface area contributed by atoms with Gasteiger partial charge in [0, 0.05) is 21.8 Å². The van der Waals surface area contributed by atoms with Gasteiger partial charge in [-0.1, -0.05) is 47.8 Å². The van der Waals surface area contributed by atoms with Crippen LogP contribution in [0.5, 0.6) is 0 Å². The number of hydrogen-bond acceptors (Lipinski definition) is 5. The van der Waals surface area contributed by atoms with Gasteiger partial charge < -0.3 is 5.32 Å². The van der Waals surface area contributed by atoms with E-state index in [1.165, 1.54) is 15.6 Å². The van der Waals surface area contributed by atoms with Gasteiger partial charge in [-0.3, -0.25) is 24.3 Å². The summed E-state index contributed by atoms with van der Waals surface area (Å²) in [6.45, 7) is 2.10. The summed E-state index contributed by atoms with van der Waals surface area (Å²) in [6, 6.07) is 5.18. The number of aromatic nitrogens is 4. The van der Waals surface area contributed by atoms with Crippen molar-refractivity contribution in [3.05, 3.63) is 67.5 Å². The molecule has 2 aromatic heterocycles. The summed E-state index contributed by atoms with van der Waals surface area (Å²) < 4.78 is 2.86. The highest BCUT2D eigenvalue weighted by molar-refractivity contribution is 6.36. The lowest BCUT2D eigenvalue weighted by atomic mass is 10.1. The molecule has 29 heavy (non-hydrogen) atoms. The minimum atomic E-state index is -0.550. The number of nitrogens with zero attached hydrogens (tertiary/aromatic N) is 5. The third-order valence-electron chi connectivity index (χ3n) is 4.08. The predicted octanol–water partition coefficient (Wildman–Crippen LogP) is 4.27. The molecule has 1 unspecified atom stereocenters. The molecule has 0 radical (unpaired) electrons. The zero-order chi connectivity index (χ0) is 21.1. The van der Waals surface area contributed by atoms with Crippen molar-refractivity contribution in [1.82, 2.24) is 19.6 Å². The van der Waals surface area contributed by atoms with Crippen molar-refractivity contribution < 1.29 is 9.72 Å².